The van der Waals surface area contributed by atoms with E-state index in [4.69, 9.17) is 4.74 Å². The molecule has 0 fully saturated rings. The minimum absolute atomic E-state index is 0.0219. The van der Waals surface area contributed by atoms with E-state index in [1.54, 1.807) is 6.92 Å². The highest BCUT2D eigenvalue weighted by molar-refractivity contribution is 5.86. The van der Waals surface area contributed by atoms with Crippen molar-refractivity contribution in [2.24, 2.45) is 0 Å². The van der Waals surface area contributed by atoms with Crippen LogP contribution in [0.4, 0.5) is 0 Å². The summed E-state index contributed by atoms with van der Waals surface area (Å²) < 4.78 is 14.0. The molecule has 0 bridgehead atoms. The van der Waals surface area contributed by atoms with E-state index in [1.807, 2.05) is 0 Å². The van der Waals surface area contributed by atoms with Crippen molar-refractivity contribution >= 4 is 17.9 Å². The molecule has 1 unspecified atom stereocenters. The Kier molecular flexibility index (Phi) is 9.21. The molecule has 0 amide bonds. The summed E-state index contributed by atoms with van der Waals surface area (Å²) in [6.07, 6.45) is 0.777. The van der Waals surface area contributed by atoms with Crippen molar-refractivity contribution in [2.45, 2.75) is 39.2 Å². The first kappa shape index (κ1) is 20.6. The standard InChI is InChI=1S/C14H21NO8/c1-4-21-11(16)8-7-9-14(15(19)20,13(18)23-6-3)10-12(17)22-5-2/h7-8H,4-6,9-10H2,1-3H3/b8-7+. The highest BCUT2D eigenvalue weighted by Crippen LogP contribution is 2.24. The molecule has 9 nitrogen and oxygen atoms in total. The number of carbonyl (C=O) groups is 3. The van der Waals surface area contributed by atoms with Crippen LogP contribution in [0.1, 0.15) is 33.6 Å². The molecular weight excluding hydrogens is 310 g/mol. The van der Waals surface area contributed by atoms with E-state index in [2.05, 4.69) is 9.47 Å². The van der Waals surface area contributed by atoms with Gasteiger partial charge in [0.25, 0.3) is 0 Å². The Morgan fingerprint density at radius 2 is 1.61 bits per heavy atom. The molecular formula is C14H21NO8. The summed E-state index contributed by atoms with van der Waals surface area (Å²) in [6, 6.07) is 0. The second-order valence-electron chi connectivity index (χ2n) is 4.35. The van der Waals surface area contributed by atoms with Gasteiger partial charge < -0.3 is 14.2 Å². The van der Waals surface area contributed by atoms with Gasteiger partial charge in [-0.1, -0.05) is 6.08 Å². The van der Waals surface area contributed by atoms with Crippen molar-refractivity contribution in [3.8, 4) is 0 Å². The number of esters is 3. The Morgan fingerprint density at radius 3 is 2.09 bits per heavy atom. The Balaban J connectivity index is 5.38. The van der Waals surface area contributed by atoms with Gasteiger partial charge in [-0.05, 0) is 20.8 Å². The van der Waals surface area contributed by atoms with Crippen LogP contribution in [0.2, 0.25) is 0 Å². The van der Waals surface area contributed by atoms with Crippen LogP contribution in [0.3, 0.4) is 0 Å². The molecule has 0 aromatic heterocycles. The number of hydrogen-bond donors (Lipinski definition) is 0. The number of ether oxygens (including phenoxy) is 3. The van der Waals surface area contributed by atoms with Crippen LogP contribution in [-0.2, 0) is 28.6 Å². The van der Waals surface area contributed by atoms with Crippen molar-refractivity contribution in [2.75, 3.05) is 19.8 Å². The van der Waals surface area contributed by atoms with Crippen molar-refractivity contribution < 1.29 is 33.5 Å². The molecule has 0 heterocycles. The van der Waals surface area contributed by atoms with Gasteiger partial charge in [0, 0.05) is 17.4 Å². The fourth-order valence-corrected chi connectivity index (χ4v) is 1.70. The minimum Gasteiger partial charge on any atom is -0.466 e. The normalized spacial score (nSPS) is 13.2. The molecule has 0 radical (unpaired) electrons. The van der Waals surface area contributed by atoms with E-state index in [0.717, 1.165) is 12.2 Å². The Hall–Kier alpha value is -2.45. The molecule has 0 saturated heterocycles. The molecule has 0 aliphatic heterocycles. The third-order valence-electron chi connectivity index (χ3n) is 2.74. The molecule has 0 saturated carbocycles. The van der Waals surface area contributed by atoms with Gasteiger partial charge in [0.15, 0.2) is 0 Å². The van der Waals surface area contributed by atoms with E-state index in [1.165, 1.54) is 13.8 Å². The average molecular weight is 331 g/mol. The number of hydrogen-bond acceptors (Lipinski definition) is 8. The fourth-order valence-electron chi connectivity index (χ4n) is 1.70. The highest BCUT2D eigenvalue weighted by atomic mass is 16.6. The topological polar surface area (TPSA) is 122 Å². The third-order valence-corrected chi connectivity index (χ3v) is 2.74. The SMILES string of the molecule is CCOC(=O)/C=C/CC(CC(=O)OCC)(C(=O)OCC)[N+](=O)[O-]. The summed E-state index contributed by atoms with van der Waals surface area (Å²) in [5.74, 6) is -2.77. The number of nitro groups is 1. The molecule has 0 spiro atoms. The fraction of sp³-hybridized carbons (Fsp3) is 0.643. The van der Waals surface area contributed by atoms with Crippen molar-refractivity contribution in [3.05, 3.63) is 22.3 Å². The van der Waals surface area contributed by atoms with Gasteiger partial charge in [0.1, 0.15) is 6.42 Å². The van der Waals surface area contributed by atoms with E-state index < -0.39 is 41.2 Å². The summed E-state index contributed by atoms with van der Waals surface area (Å²) in [7, 11) is 0. The average Bonchev–Trinajstić information content (AvgIpc) is 2.46. The Morgan fingerprint density at radius 1 is 1.04 bits per heavy atom. The molecule has 0 rings (SSSR count). The lowest BCUT2D eigenvalue weighted by Crippen LogP contribution is -2.49. The van der Waals surface area contributed by atoms with E-state index in [-0.39, 0.29) is 19.8 Å². The summed E-state index contributed by atoms with van der Waals surface area (Å²) in [4.78, 5) is 45.4. The van der Waals surface area contributed by atoms with Crippen LogP contribution in [0.5, 0.6) is 0 Å². The molecule has 0 aromatic rings. The van der Waals surface area contributed by atoms with Crippen LogP contribution in [0.25, 0.3) is 0 Å². The highest BCUT2D eigenvalue weighted by Gasteiger charge is 2.54. The maximum Gasteiger partial charge on any atom is 0.385 e. The first-order chi connectivity index (χ1) is 10.8. The Labute approximate surface area is 133 Å². The summed E-state index contributed by atoms with van der Waals surface area (Å²) in [5.41, 5.74) is -2.34. The molecule has 23 heavy (non-hydrogen) atoms. The van der Waals surface area contributed by atoms with Crippen LogP contribution in [0, 0.1) is 10.1 Å². The zero-order valence-electron chi connectivity index (χ0n) is 13.4. The lowest BCUT2D eigenvalue weighted by Gasteiger charge is -2.21. The van der Waals surface area contributed by atoms with Crippen LogP contribution in [-0.4, -0.2) is 48.2 Å². The first-order valence-electron chi connectivity index (χ1n) is 7.14. The van der Waals surface area contributed by atoms with E-state index in [0.29, 0.717) is 0 Å². The van der Waals surface area contributed by atoms with Crippen LogP contribution in [0.15, 0.2) is 12.2 Å². The van der Waals surface area contributed by atoms with Gasteiger partial charge in [-0.2, -0.15) is 0 Å². The van der Waals surface area contributed by atoms with Gasteiger partial charge in [-0.25, -0.2) is 9.59 Å². The quantitative estimate of drug-likeness (QED) is 0.191. The summed E-state index contributed by atoms with van der Waals surface area (Å²) in [5, 5.41) is 11.4. The van der Waals surface area contributed by atoms with Crippen LogP contribution >= 0.6 is 0 Å². The maximum absolute atomic E-state index is 12.0. The smallest absolute Gasteiger partial charge is 0.385 e. The predicted octanol–water partition coefficient (Wildman–Crippen LogP) is 1.03. The van der Waals surface area contributed by atoms with Gasteiger partial charge in [0.2, 0.25) is 0 Å². The molecule has 0 aliphatic carbocycles. The second kappa shape index (κ2) is 10.3. The zero-order valence-corrected chi connectivity index (χ0v) is 13.4. The number of nitrogens with zero attached hydrogens (tertiary/aromatic N) is 1. The van der Waals surface area contributed by atoms with Crippen molar-refractivity contribution in [1.82, 2.24) is 0 Å². The van der Waals surface area contributed by atoms with Gasteiger partial charge in [-0.3, -0.25) is 14.9 Å². The molecule has 0 N–H and O–H groups in total. The van der Waals surface area contributed by atoms with E-state index >= 15 is 0 Å². The molecule has 1 atom stereocenters. The summed E-state index contributed by atoms with van der Waals surface area (Å²) in [6.45, 7) is 4.71. The summed E-state index contributed by atoms with van der Waals surface area (Å²) >= 11 is 0. The van der Waals surface area contributed by atoms with Crippen molar-refractivity contribution in [3.63, 3.8) is 0 Å². The largest absolute Gasteiger partial charge is 0.466 e. The zero-order chi connectivity index (χ0) is 17.9. The van der Waals surface area contributed by atoms with Gasteiger partial charge in [0.05, 0.1) is 19.8 Å². The number of carbonyl (C=O) groups excluding carboxylic acids is 3. The molecule has 0 aliphatic rings. The molecule has 130 valence electrons. The predicted molar refractivity (Wildman–Crippen MR) is 78.0 cm³/mol. The van der Waals surface area contributed by atoms with Crippen molar-refractivity contribution in [1.29, 1.82) is 0 Å². The first-order valence-corrected chi connectivity index (χ1v) is 7.14. The third kappa shape index (κ3) is 6.45. The molecule has 0 aromatic carbocycles. The monoisotopic (exact) mass is 331 g/mol. The van der Waals surface area contributed by atoms with E-state index in [9.17, 15) is 24.5 Å². The van der Waals surface area contributed by atoms with Crippen LogP contribution < -0.4 is 0 Å². The second-order valence-corrected chi connectivity index (χ2v) is 4.35. The minimum atomic E-state index is -2.34. The van der Waals surface area contributed by atoms with Gasteiger partial charge in [-0.15, -0.1) is 0 Å². The lowest BCUT2D eigenvalue weighted by atomic mass is 9.91. The molecule has 9 heteroatoms. The van der Waals surface area contributed by atoms with Gasteiger partial charge >= 0.3 is 23.4 Å². The maximum atomic E-state index is 12.0. The Bertz CT molecular complexity index is 473. The lowest BCUT2D eigenvalue weighted by molar-refractivity contribution is -0.554. The number of rotatable bonds is 10.